The van der Waals surface area contributed by atoms with Gasteiger partial charge in [-0.15, -0.1) is 0 Å². The Morgan fingerprint density at radius 1 is 1.06 bits per heavy atom. The van der Waals surface area contributed by atoms with Crippen molar-refractivity contribution in [3.63, 3.8) is 0 Å². The van der Waals surface area contributed by atoms with Crippen LogP contribution in [-0.4, -0.2) is 28.9 Å². The Labute approximate surface area is 84.4 Å². The largest absolute Gasteiger partial charge is 0.512 e. The summed E-state index contributed by atoms with van der Waals surface area (Å²) in [6.45, 7) is 0.666. The topological polar surface area (TPSA) is 37.3 Å². The molecule has 0 aromatic carbocycles. The molecule has 0 unspecified atom stereocenters. The molecule has 94 valence electrons. The van der Waals surface area contributed by atoms with Gasteiger partial charge in [-0.25, -0.2) is 0 Å². The van der Waals surface area contributed by atoms with Crippen molar-refractivity contribution in [3.8, 4) is 0 Å². The summed E-state index contributed by atoms with van der Waals surface area (Å²) < 4.78 is 84.0. The Kier molecular flexibility index (Phi) is 3.63. The monoisotopic (exact) mass is 254 g/mol. The van der Waals surface area contributed by atoms with Gasteiger partial charge in [-0.05, 0) is 6.92 Å². The zero-order chi connectivity index (χ0) is 13.4. The summed E-state index contributed by atoms with van der Waals surface area (Å²) in [6, 6.07) is 0. The van der Waals surface area contributed by atoms with Crippen LogP contribution in [0.3, 0.4) is 0 Å². The van der Waals surface area contributed by atoms with Crippen molar-refractivity contribution in [1.82, 2.24) is 0 Å². The lowest BCUT2D eigenvalue weighted by molar-refractivity contribution is -0.342. The molecule has 0 atom stereocenters. The number of halogens is 7. The molecule has 16 heavy (non-hydrogen) atoms. The second-order valence-electron chi connectivity index (χ2n) is 2.80. The van der Waals surface area contributed by atoms with E-state index in [2.05, 4.69) is 0 Å². The molecule has 2 nitrogen and oxygen atoms in total. The Morgan fingerprint density at radius 2 is 1.44 bits per heavy atom. The molecule has 0 aliphatic rings. The van der Waals surface area contributed by atoms with Crippen molar-refractivity contribution in [2.75, 3.05) is 0 Å². The molecule has 0 saturated heterocycles. The van der Waals surface area contributed by atoms with E-state index in [9.17, 15) is 35.5 Å². The Balaban J connectivity index is 5.37. The minimum Gasteiger partial charge on any atom is -0.512 e. The fourth-order valence-corrected chi connectivity index (χ4v) is 0.613. The molecule has 9 heteroatoms. The van der Waals surface area contributed by atoms with E-state index in [4.69, 9.17) is 5.11 Å². The third-order valence-corrected chi connectivity index (χ3v) is 1.40. The van der Waals surface area contributed by atoms with Crippen LogP contribution in [0, 0.1) is 0 Å². The number of allylic oxidation sites excluding steroid dienone is 2. The molecule has 0 spiro atoms. The summed E-state index contributed by atoms with van der Waals surface area (Å²) in [5, 5.41) is 8.34. The van der Waals surface area contributed by atoms with Crippen LogP contribution >= 0.6 is 0 Å². The number of aliphatic hydroxyl groups excluding tert-OH is 1. The number of hydrogen-bond acceptors (Lipinski definition) is 2. The van der Waals surface area contributed by atoms with Gasteiger partial charge in [-0.1, -0.05) is 0 Å². The van der Waals surface area contributed by atoms with Crippen molar-refractivity contribution in [2.24, 2.45) is 0 Å². The normalized spacial score (nSPS) is 15.1. The number of rotatable bonds is 3. The highest BCUT2D eigenvalue weighted by Gasteiger charge is 2.75. The Bertz CT molecular complexity index is 311. The van der Waals surface area contributed by atoms with Gasteiger partial charge in [-0.2, -0.15) is 30.7 Å². The first-order chi connectivity index (χ1) is 6.84. The fraction of sp³-hybridized carbons (Fsp3) is 0.571. The van der Waals surface area contributed by atoms with Crippen LogP contribution in [0.5, 0.6) is 0 Å². The predicted octanol–water partition coefficient (Wildman–Crippen LogP) is 2.85. The van der Waals surface area contributed by atoms with Gasteiger partial charge in [0.05, 0.1) is 5.76 Å². The fourth-order valence-electron chi connectivity index (χ4n) is 0.613. The molecule has 0 aliphatic heterocycles. The van der Waals surface area contributed by atoms with Gasteiger partial charge in [0.2, 0.25) is 5.78 Å². The number of ketones is 1. The number of carbonyl (C=O) groups excluding carboxylic acids is 1. The van der Waals surface area contributed by atoms with Gasteiger partial charge in [0, 0.05) is 6.08 Å². The highest BCUT2D eigenvalue weighted by atomic mass is 19.4. The molecule has 0 fully saturated rings. The summed E-state index contributed by atoms with van der Waals surface area (Å²) in [7, 11) is 0. The molecule has 0 bridgehead atoms. The second kappa shape index (κ2) is 3.95. The van der Waals surface area contributed by atoms with E-state index in [0.717, 1.165) is 0 Å². The number of carbonyl (C=O) groups is 1. The average Bonchev–Trinajstić information content (AvgIpc) is 2.00. The molecule has 1 N–H and O–H groups in total. The lowest BCUT2D eigenvalue weighted by atomic mass is 10.1. The first kappa shape index (κ1) is 14.7. The van der Waals surface area contributed by atoms with Gasteiger partial charge >= 0.3 is 18.0 Å². The Morgan fingerprint density at radius 3 is 1.69 bits per heavy atom. The third kappa shape index (κ3) is 2.45. The minimum atomic E-state index is -6.57. The summed E-state index contributed by atoms with van der Waals surface area (Å²) in [6.07, 6.45) is -6.97. The van der Waals surface area contributed by atoms with Crippen LogP contribution in [-0.2, 0) is 4.79 Å². The van der Waals surface area contributed by atoms with Crippen LogP contribution in [0.25, 0.3) is 0 Å². The van der Waals surface area contributed by atoms with Gasteiger partial charge < -0.3 is 5.11 Å². The number of aliphatic hydroxyl groups is 1. The maximum absolute atomic E-state index is 12.5. The lowest BCUT2D eigenvalue weighted by Crippen LogP contribution is -2.55. The molecule has 0 saturated carbocycles. The summed E-state index contributed by atoms with van der Waals surface area (Å²) >= 11 is 0. The lowest BCUT2D eigenvalue weighted by Gasteiger charge is -2.26. The van der Waals surface area contributed by atoms with Crippen LogP contribution in [0.2, 0.25) is 0 Å². The predicted molar refractivity (Wildman–Crippen MR) is 37.3 cm³/mol. The van der Waals surface area contributed by atoms with Gasteiger partial charge in [0.15, 0.2) is 0 Å². The van der Waals surface area contributed by atoms with Crippen molar-refractivity contribution < 1.29 is 40.6 Å². The summed E-state index contributed by atoms with van der Waals surface area (Å²) in [5.41, 5.74) is 0. The van der Waals surface area contributed by atoms with E-state index in [1.165, 1.54) is 0 Å². The molecule has 0 amide bonds. The van der Waals surface area contributed by atoms with E-state index in [1.807, 2.05) is 0 Å². The molecule has 0 aromatic rings. The molecular weight excluding hydrogens is 249 g/mol. The van der Waals surface area contributed by atoms with Gasteiger partial charge in [0.25, 0.3) is 0 Å². The highest BCUT2D eigenvalue weighted by molar-refractivity contribution is 5.96. The van der Waals surface area contributed by atoms with Gasteiger partial charge in [0.1, 0.15) is 0 Å². The molecule has 0 heterocycles. The van der Waals surface area contributed by atoms with E-state index in [1.54, 1.807) is 0 Å². The van der Waals surface area contributed by atoms with Crippen LogP contribution in [0.15, 0.2) is 11.8 Å². The molecule has 0 radical (unpaired) electrons. The minimum absolute atomic E-state index is 0.403. The second-order valence-corrected chi connectivity index (χ2v) is 2.80. The smallest absolute Gasteiger partial charge is 0.460 e. The van der Waals surface area contributed by atoms with E-state index < -0.39 is 35.6 Å². The van der Waals surface area contributed by atoms with Crippen molar-refractivity contribution in [2.45, 2.75) is 24.9 Å². The standard InChI is InChI=1S/C7H5F7O2/c1-3(15)2-4(16)5(8,9)6(10,11)7(12,13)14/h2,15H,1H3/b3-2-. The number of hydrogen-bond donors (Lipinski definition) is 1. The maximum Gasteiger partial charge on any atom is 0.460 e. The van der Waals surface area contributed by atoms with E-state index >= 15 is 0 Å². The van der Waals surface area contributed by atoms with Crippen LogP contribution < -0.4 is 0 Å². The van der Waals surface area contributed by atoms with E-state index in [-0.39, 0.29) is 0 Å². The van der Waals surface area contributed by atoms with E-state index in [0.29, 0.717) is 6.92 Å². The first-order valence-electron chi connectivity index (χ1n) is 3.58. The average molecular weight is 254 g/mol. The van der Waals surface area contributed by atoms with Crippen LogP contribution in [0.4, 0.5) is 30.7 Å². The zero-order valence-corrected chi connectivity index (χ0v) is 7.58. The van der Waals surface area contributed by atoms with Crippen molar-refractivity contribution in [3.05, 3.63) is 11.8 Å². The Hall–Kier alpha value is -1.28. The third-order valence-electron chi connectivity index (χ3n) is 1.40. The SMILES string of the molecule is C/C(O)=C/C(=O)C(F)(F)C(F)(F)C(F)(F)F. The molecule has 0 aliphatic carbocycles. The quantitative estimate of drug-likeness (QED) is 0.477. The van der Waals surface area contributed by atoms with Gasteiger partial charge in [-0.3, -0.25) is 4.79 Å². The summed E-state index contributed by atoms with van der Waals surface area (Å²) in [5.74, 6) is -16.4. The maximum atomic E-state index is 12.5. The first-order valence-corrected chi connectivity index (χ1v) is 3.58. The molecular formula is C7H5F7O2. The number of alkyl halides is 7. The summed E-state index contributed by atoms with van der Waals surface area (Å²) in [4.78, 5) is 10.4. The zero-order valence-electron chi connectivity index (χ0n) is 7.58. The van der Waals surface area contributed by atoms with Crippen LogP contribution in [0.1, 0.15) is 6.92 Å². The van der Waals surface area contributed by atoms with Crippen molar-refractivity contribution >= 4 is 5.78 Å². The highest BCUT2D eigenvalue weighted by Crippen LogP contribution is 2.47. The molecule has 0 rings (SSSR count). The molecule has 0 aromatic heterocycles. The van der Waals surface area contributed by atoms with Crippen molar-refractivity contribution in [1.29, 1.82) is 0 Å².